The van der Waals surface area contributed by atoms with Gasteiger partial charge in [0.1, 0.15) is 0 Å². The molecular formula is C15H24N2O3S. The molecule has 1 heterocycles. The largest absolute Gasteiger partial charge is 0.374 e. The van der Waals surface area contributed by atoms with Crippen LogP contribution in [0.15, 0.2) is 17.3 Å². The minimum absolute atomic E-state index is 0.0890. The van der Waals surface area contributed by atoms with Crippen molar-refractivity contribution in [2.24, 2.45) is 5.92 Å². The molecule has 0 saturated heterocycles. The summed E-state index contributed by atoms with van der Waals surface area (Å²) in [5.74, 6) is 0.655. The summed E-state index contributed by atoms with van der Waals surface area (Å²) >= 11 is 0. The van der Waals surface area contributed by atoms with Crippen LogP contribution in [0.25, 0.3) is 0 Å². The Bertz CT molecular complexity index is 607. The van der Waals surface area contributed by atoms with Gasteiger partial charge in [-0.3, -0.25) is 0 Å². The fraction of sp³-hybridized carbons (Fsp3) is 0.667. The standard InChI is InChI=1S/C15H24N2O3S/c1-11-7-12(2)14(16-8-11)21(18,19)17-10-15(3,4)20-9-13-5-6-13/h7-8,13,17H,5-6,9-10H2,1-4H3. The lowest BCUT2D eigenvalue weighted by Gasteiger charge is -2.25. The van der Waals surface area contributed by atoms with Gasteiger partial charge in [0.2, 0.25) is 0 Å². The van der Waals surface area contributed by atoms with Crippen molar-refractivity contribution in [3.8, 4) is 0 Å². The normalized spacial score (nSPS) is 16.2. The summed E-state index contributed by atoms with van der Waals surface area (Å²) < 4.78 is 33.1. The third-order valence-electron chi connectivity index (χ3n) is 3.52. The maximum Gasteiger partial charge on any atom is 0.258 e. The van der Waals surface area contributed by atoms with Crippen LogP contribution in [0, 0.1) is 19.8 Å². The molecule has 0 atom stereocenters. The van der Waals surface area contributed by atoms with Crippen molar-refractivity contribution in [3.63, 3.8) is 0 Å². The Morgan fingerprint density at radius 1 is 1.38 bits per heavy atom. The van der Waals surface area contributed by atoms with Crippen LogP contribution in [-0.2, 0) is 14.8 Å². The Morgan fingerprint density at radius 2 is 2.05 bits per heavy atom. The first-order valence-corrected chi connectivity index (χ1v) is 8.75. The first-order valence-electron chi connectivity index (χ1n) is 7.26. The molecule has 1 aromatic heterocycles. The fourth-order valence-electron chi connectivity index (χ4n) is 2.00. The molecule has 6 heteroatoms. The molecule has 2 rings (SSSR count). The van der Waals surface area contributed by atoms with Crippen molar-refractivity contribution in [1.82, 2.24) is 9.71 Å². The maximum absolute atomic E-state index is 12.3. The number of nitrogens with one attached hydrogen (secondary N) is 1. The predicted octanol–water partition coefficient (Wildman–Crippen LogP) is 2.18. The van der Waals surface area contributed by atoms with Crippen molar-refractivity contribution in [1.29, 1.82) is 0 Å². The molecule has 1 aliphatic rings. The van der Waals surface area contributed by atoms with E-state index in [4.69, 9.17) is 4.74 Å². The quantitative estimate of drug-likeness (QED) is 0.838. The van der Waals surface area contributed by atoms with E-state index in [-0.39, 0.29) is 11.6 Å². The second-order valence-electron chi connectivity index (χ2n) is 6.47. The number of hydrogen-bond donors (Lipinski definition) is 1. The average molecular weight is 312 g/mol. The number of rotatable bonds is 7. The molecule has 0 aliphatic heterocycles. The second-order valence-corrected chi connectivity index (χ2v) is 8.16. The molecule has 1 fully saturated rings. The summed E-state index contributed by atoms with van der Waals surface area (Å²) in [6.45, 7) is 8.37. The van der Waals surface area contributed by atoms with Crippen LogP contribution < -0.4 is 4.72 Å². The predicted molar refractivity (Wildman–Crippen MR) is 81.7 cm³/mol. The van der Waals surface area contributed by atoms with Crippen LogP contribution >= 0.6 is 0 Å². The summed E-state index contributed by atoms with van der Waals surface area (Å²) in [7, 11) is -3.60. The van der Waals surface area contributed by atoms with E-state index in [1.165, 1.54) is 12.8 Å². The number of nitrogens with zero attached hydrogens (tertiary/aromatic N) is 1. The molecule has 0 spiro atoms. The van der Waals surface area contributed by atoms with Gasteiger partial charge in [0.25, 0.3) is 10.0 Å². The summed E-state index contributed by atoms with van der Waals surface area (Å²) in [6, 6.07) is 1.82. The SMILES string of the molecule is Cc1cnc(S(=O)(=O)NCC(C)(C)OCC2CC2)c(C)c1. The zero-order valence-corrected chi connectivity index (χ0v) is 14.0. The van der Waals surface area contributed by atoms with Gasteiger partial charge in [-0.25, -0.2) is 18.1 Å². The second kappa shape index (κ2) is 6.02. The Balaban J connectivity index is 1.99. The topological polar surface area (TPSA) is 68.3 Å². The van der Waals surface area contributed by atoms with Crippen molar-refractivity contribution >= 4 is 10.0 Å². The van der Waals surface area contributed by atoms with Crippen molar-refractivity contribution in [2.45, 2.75) is 51.2 Å². The minimum Gasteiger partial charge on any atom is -0.374 e. The fourth-order valence-corrected chi connectivity index (χ4v) is 3.35. The van der Waals surface area contributed by atoms with E-state index in [0.29, 0.717) is 18.1 Å². The minimum atomic E-state index is -3.60. The van der Waals surface area contributed by atoms with Crippen molar-refractivity contribution in [3.05, 3.63) is 23.4 Å². The van der Waals surface area contributed by atoms with E-state index >= 15 is 0 Å². The number of aromatic nitrogens is 1. The van der Waals surface area contributed by atoms with Gasteiger partial charge in [-0.2, -0.15) is 0 Å². The van der Waals surface area contributed by atoms with E-state index < -0.39 is 15.6 Å². The molecule has 1 saturated carbocycles. The van der Waals surface area contributed by atoms with Crippen LogP contribution in [0.4, 0.5) is 0 Å². The molecule has 0 amide bonds. The van der Waals surface area contributed by atoms with E-state index in [0.717, 1.165) is 5.56 Å². The third kappa shape index (κ3) is 4.76. The first kappa shape index (κ1) is 16.4. The monoisotopic (exact) mass is 312 g/mol. The number of ether oxygens (including phenoxy) is 1. The lowest BCUT2D eigenvalue weighted by molar-refractivity contribution is -0.0185. The van der Waals surface area contributed by atoms with Crippen LogP contribution in [0.1, 0.15) is 37.8 Å². The highest BCUT2D eigenvalue weighted by atomic mass is 32.2. The summed E-state index contributed by atoms with van der Waals surface area (Å²) in [4.78, 5) is 4.04. The van der Waals surface area contributed by atoms with Gasteiger partial charge in [0.15, 0.2) is 5.03 Å². The lowest BCUT2D eigenvalue weighted by Crippen LogP contribution is -2.41. The summed E-state index contributed by atoms with van der Waals surface area (Å²) in [6.07, 6.45) is 4.00. The Hall–Kier alpha value is -0.980. The summed E-state index contributed by atoms with van der Waals surface area (Å²) in [5.41, 5.74) is 1.08. The van der Waals surface area contributed by atoms with Gasteiger partial charge in [-0.15, -0.1) is 0 Å². The first-order chi connectivity index (χ1) is 9.70. The van der Waals surface area contributed by atoms with Crippen LogP contribution in [0.5, 0.6) is 0 Å². The van der Waals surface area contributed by atoms with E-state index in [1.54, 1.807) is 13.1 Å². The molecule has 1 aliphatic carbocycles. The van der Waals surface area contributed by atoms with E-state index in [2.05, 4.69) is 9.71 Å². The molecule has 118 valence electrons. The van der Waals surface area contributed by atoms with Crippen LogP contribution in [-0.4, -0.2) is 32.2 Å². The van der Waals surface area contributed by atoms with Gasteiger partial charge in [-0.05, 0) is 57.6 Å². The number of sulfonamides is 1. The molecule has 1 aromatic rings. The number of hydrogen-bond acceptors (Lipinski definition) is 4. The summed E-state index contributed by atoms with van der Waals surface area (Å²) in [5, 5.41) is 0.0890. The molecule has 0 aromatic carbocycles. The van der Waals surface area contributed by atoms with Crippen molar-refractivity contribution < 1.29 is 13.2 Å². The van der Waals surface area contributed by atoms with E-state index in [9.17, 15) is 8.42 Å². The van der Waals surface area contributed by atoms with E-state index in [1.807, 2.05) is 26.8 Å². The molecule has 0 bridgehead atoms. The third-order valence-corrected chi connectivity index (χ3v) is 4.98. The highest BCUT2D eigenvalue weighted by molar-refractivity contribution is 7.89. The highest BCUT2D eigenvalue weighted by Gasteiger charge is 2.28. The molecular weight excluding hydrogens is 288 g/mol. The Kier molecular flexibility index (Phi) is 4.70. The zero-order valence-electron chi connectivity index (χ0n) is 13.1. The lowest BCUT2D eigenvalue weighted by atomic mass is 10.1. The zero-order chi connectivity index (χ0) is 15.7. The van der Waals surface area contributed by atoms with Gasteiger partial charge in [0.05, 0.1) is 12.2 Å². The Labute approximate surface area is 127 Å². The molecule has 0 radical (unpaired) electrons. The highest BCUT2D eigenvalue weighted by Crippen LogP contribution is 2.30. The maximum atomic E-state index is 12.3. The molecule has 0 unspecified atom stereocenters. The average Bonchev–Trinajstić information content (AvgIpc) is 3.18. The van der Waals surface area contributed by atoms with Crippen LogP contribution in [0.2, 0.25) is 0 Å². The van der Waals surface area contributed by atoms with Crippen LogP contribution in [0.3, 0.4) is 0 Å². The van der Waals surface area contributed by atoms with Gasteiger partial charge in [0, 0.05) is 12.7 Å². The smallest absolute Gasteiger partial charge is 0.258 e. The number of aryl methyl sites for hydroxylation is 2. The molecule has 1 N–H and O–H groups in total. The van der Waals surface area contributed by atoms with Crippen molar-refractivity contribution in [2.75, 3.05) is 13.2 Å². The van der Waals surface area contributed by atoms with Gasteiger partial charge in [-0.1, -0.05) is 6.07 Å². The molecule has 21 heavy (non-hydrogen) atoms. The Morgan fingerprint density at radius 3 is 2.62 bits per heavy atom. The number of pyridine rings is 1. The molecule has 5 nitrogen and oxygen atoms in total. The van der Waals surface area contributed by atoms with Gasteiger partial charge < -0.3 is 4.74 Å². The van der Waals surface area contributed by atoms with Gasteiger partial charge >= 0.3 is 0 Å².